The average molecular weight is 464 g/mol. The smallest absolute Gasteiger partial charge is 0.253 e. The summed E-state index contributed by atoms with van der Waals surface area (Å²) in [7, 11) is 1.64. The molecule has 0 aliphatic heterocycles. The van der Waals surface area contributed by atoms with E-state index in [-0.39, 0.29) is 5.56 Å². The van der Waals surface area contributed by atoms with Crippen molar-refractivity contribution in [1.29, 1.82) is 0 Å². The second-order valence-electron chi connectivity index (χ2n) is 7.74. The highest BCUT2D eigenvalue weighted by atomic mass is 32.1. The maximum Gasteiger partial charge on any atom is 0.253 e. The first-order valence-electron chi connectivity index (χ1n) is 10.3. The van der Waals surface area contributed by atoms with Crippen molar-refractivity contribution in [2.45, 2.75) is 26.9 Å². The molecule has 0 aliphatic carbocycles. The molecule has 0 saturated carbocycles. The molecule has 4 aromatic rings. The van der Waals surface area contributed by atoms with Crippen LogP contribution in [0.3, 0.4) is 0 Å². The summed E-state index contributed by atoms with van der Waals surface area (Å²) in [5.74, 6) is 0.783. The molecule has 0 saturated heterocycles. The summed E-state index contributed by atoms with van der Waals surface area (Å²) in [5.41, 5.74) is 4.66. The van der Waals surface area contributed by atoms with Crippen molar-refractivity contribution in [3.63, 3.8) is 0 Å². The summed E-state index contributed by atoms with van der Waals surface area (Å²) < 4.78 is 5.23. The van der Waals surface area contributed by atoms with Crippen LogP contribution in [0.4, 0.5) is 5.69 Å². The van der Waals surface area contributed by atoms with Crippen molar-refractivity contribution in [3.8, 4) is 5.75 Å². The Morgan fingerprint density at radius 3 is 2.53 bits per heavy atom. The number of rotatable bonds is 6. The van der Waals surface area contributed by atoms with E-state index in [4.69, 9.17) is 17.0 Å². The Bertz CT molecular complexity index is 1300. The van der Waals surface area contributed by atoms with Gasteiger partial charge in [-0.15, -0.1) is 11.3 Å². The molecular formula is C25H25N3O2S2. The van der Waals surface area contributed by atoms with Gasteiger partial charge in [0.05, 0.1) is 20.2 Å². The monoisotopic (exact) mass is 463 g/mol. The van der Waals surface area contributed by atoms with Crippen molar-refractivity contribution in [2.24, 2.45) is 0 Å². The number of H-pyrrole nitrogens is 1. The van der Waals surface area contributed by atoms with E-state index < -0.39 is 0 Å². The molecule has 0 amide bonds. The van der Waals surface area contributed by atoms with Gasteiger partial charge in [0.25, 0.3) is 5.56 Å². The summed E-state index contributed by atoms with van der Waals surface area (Å²) in [4.78, 5) is 19.1. The first kappa shape index (κ1) is 22.0. The number of aromatic amines is 1. The van der Waals surface area contributed by atoms with Crippen LogP contribution in [0.2, 0.25) is 0 Å². The molecule has 0 unspecified atom stereocenters. The Balaban J connectivity index is 1.62. The van der Waals surface area contributed by atoms with Gasteiger partial charge in [-0.1, -0.05) is 6.07 Å². The zero-order valence-electron chi connectivity index (χ0n) is 18.3. The normalized spacial score (nSPS) is 10.8. The summed E-state index contributed by atoms with van der Waals surface area (Å²) in [5, 5.41) is 6.92. The number of ether oxygens (including phenoxy) is 1. The van der Waals surface area contributed by atoms with E-state index in [1.807, 2.05) is 59.7 Å². The first-order chi connectivity index (χ1) is 15.4. The lowest BCUT2D eigenvalue weighted by molar-refractivity contribution is 0.414. The molecule has 2 heterocycles. The number of anilines is 1. The summed E-state index contributed by atoms with van der Waals surface area (Å²) in [6, 6.07) is 17.8. The number of nitrogens with one attached hydrogen (secondary N) is 2. The van der Waals surface area contributed by atoms with Crippen LogP contribution in [-0.4, -0.2) is 22.1 Å². The van der Waals surface area contributed by atoms with Crippen LogP contribution < -0.4 is 15.6 Å². The molecule has 0 aliphatic rings. The third-order valence-electron chi connectivity index (χ3n) is 5.45. The molecule has 164 valence electrons. The van der Waals surface area contributed by atoms with E-state index in [1.165, 1.54) is 10.4 Å². The predicted molar refractivity (Wildman–Crippen MR) is 137 cm³/mol. The van der Waals surface area contributed by atoms with Gasteiger partial charge >= 0.3 is 0 Å². The van der Waals surface area contributed by atoms with Crippen molar-refractivity contribution in [1.82, 2.24) is 9.88 Å². The fourth-order valence-electron chi connectivity index (χ4n) is 3.51. The van der Waals surface area contributed by atoms with E-state index in [0.717, 1.165) is 27.9 Å². The number of thiophene rings is 1. The van der Waals surface area contributed by atoms with E-state index in [9.17, 15) is 4.79 Å². The molecule has 4 rings (SSSR count). The lowest BCUT2D eigenvalue weighted by Gasteiger charge is -2.25. The molecule has 0 bridgehead atoms. The van der Waals surface area contributed by atoms with Gasteiger partial charge in [-0.3, -0.25) is 4.79 Å². The lowest BCUT2D eigenvalue weighted by atomic mass is 10.0. The number of fused-ring (bicyclic) bond motifs is 1. The lowest BCUT2D eigenvalue weighted by Crippen LogP contribution is -2.35. The number of aromatic nitrogens is 1. The van der Waals surface area contributed by atoms with Gasteiger partial charge in [-0.25, -0.2) is 0 Å². The van der Waals surface area contributed by atoms with Crippen LogP contribution in [0.25, 0.3) is 10.9 Å². The van der Waals surface area contributed by atoms with E-state index >= 15 is 0 Å². The number of nitrogens with zero attached hydrogens (tertiary/aromatic N) is 1. The standard InChI is InChI=1S/C25H25N3O2S2/c1-16-11-18-13-19(24(29)27-23(18)12-17(16)2)14-28(15-22-5-4-10-32-22)25(31)26-20-6-8-21(30-3)9-7-20/h4-13H,14-15H2,1-3H3,(H,26,31)(H,27,29). The minimum atomic E-state index is -0.0934. The highest BCUT2D eigenvalue weighted by Crippen LogP contribution is 2.21. The van der Waals surface area contributed by atoms with Crippen LogP contribution in [0, 0.1) is 13.8 Å². The summed E-state index contributed by atoms with van der Waals surface area (Å²) >= 11 is 7.41. The van der Waals surface area contributed by atoms with Crippen LogP contribution in [0.1, 0.15) is 21.6 Å². The molecule has 0 fully saturated rings. The van der Waals surface area contributed by atoms with Crippen molar-refractivity contribution in [2.75, 3.05) is 12.4 Å². The molecule has 5 nitrogen and oxygen atoms in total. The van der Waals surface area contributed by atoms with Gasteiger partial charge in [0, 0.05) is 21.6 Å². The Morgan fingerprint density at radius 2 is 1.84 bits per heavy atom. The van der Waals surface area contributed by atoms with Gasteiger partial charge in [-0.2, -0.15) is 0 Å². The Labute approximate surface area is 196 Å². The van der Waals surface area contributed by atoms with E-state index in [1.54, 1.807) is 18.4 Å². The molecule has 2 aromatic carbocycles. The number of thiocarbonyl (C=S) groups is 1. The van der Waals surface area contributed by atoms with Crippen LogP contribution in [0.5, 0.6) is 5.75 Å². The topological polar surface area (TPSA) is 57.4 Å². The highest BCUT2D eigenvalue weighted by Gasteiger charge is 2.15. The molecule has 2 N–H and O–H groups in total. The van der Waals surface area contributed by atoms with Crippen molar-refractivity contribution in [3.05, 3.63) is 91.9 Å². The fourth-order valence-corrected chi connectivity index (χ4v) is 4.48. The zero-order valence-corrected chi connectivity index (χ0v) is 19.9. The number of methoxy groups -OCH3 is 1. The van der Waals surface area contributed by atoms with Gasteiger partial charge in [0.1, 0.15) is 5.75 Å². The zero-order chi connectivity index (χ0) is 22.7. The first-order valence-corrected chi connectivity index (χ1v) is 11.6. The van der Waals surface area contributed by atoms with Crippen LogP contribution in [0.15, 0.2) is 64.8 Å². The summed E-state index contributed by atoms with van der Waals surface area (Å²) in [6.45, 7) is 5.14. The fraction of sp³-hybridized carbons (Fsp3) is 0.200. The molecule has 32 heavy (non-hydrogen) atoms. The second kappa shape index (κ2) is 9.54. The van der Waals surface area contributed by atoms with E-state index in [2.05, 4.69) is 29.4 Å². The van der Waals surface area contributed by atoms with Gasteiger partial charge in [0.15, 0.2) is 5.11 Å². The average Bonchev–Trinajstić information content (AvgIpc) is 3.29. The van der Waals surface area contributed by atoms with E-state index in [0.29, 0.717) is 23.8 Å². The Kier molecular flexibility index (Phi) is 6.58. The summed E-state index contributed by atoms with van der Waals surface area (Å²) in [6.07, 6.45) is 0. The van der Waals surface area contributed by atoms with Gasteiger partial charge in [0.2, 0.25) is 0 Å². The van der Waals surface area contributed by atoms with Gasteiger partial charge < -0.3 is 19.9 Å². The minimum absolute atomic E-state index is 0.0934. The number of hydrogen-bond donors (Lipinski definition) is 2. The minimum Gasteiger partial charge on any atom is -0.497 e. The van der Waals surface area contributed by atoms with Crippen molar-refractivity contribution >= 4 is 45.3 Å². The second-order valence-corrected chi connectivity index (χ2v) is 9.16. The largest absolute Gasteiger partial charge is 0.497 e. The van der Waals surface area contributed by atoms with Gasteiger partial charge in [-0.05, 0) is 96.5 Å². The Hall–Kier alpha value is -3.16. The maximum atomic E-state index is 12.9. The highest BCUT2D eigenvalue weighted by molar-refractivity contribution is 7.80. The van der Waals surface area contributed by atoms with Crippen LogP contribution >= 0.6 is 23.6 Å². The molecule has 2 aromatic heterocycles. The molecular weight excluding hydrogens is 438 g/mol. The molecule has 0 atom stereocenters. The third-order valence-corrected chi connectivity index (χ3v) is 6.67. The third kappa shape index (κ3) is 5.00. The van der Waals surface area contributed by atoms with Crippen LogP contribution in [-0.2, 0) is 13.1 Å². The number of pyridine rings is 1. The maximum absolute atomic E-state index is 12.9. The Morgan fingerprint density at radius 1 is 1.09 bits per heavy atom. The number of aryl methyl sites for hydroxylation is 2. The molecule has 0 spiro atoms. The SMILES string of the molecule is COc1ccc(NC(=S)N(Cc2cccs2)Cc2cc3cc(C)c(C)cc3[nH]c2=O)cc1. The molecule has 0 radical (unpaired) electrons. The quantitative estimate of drug-likeness (QED) is 0.364. The number of benzene rings is 2. The number of hydrogen-bond acceptors (Lipinski definition) is 4. The predicted octanol–water partition coefficient (Wildman–Crippen LogP) is 5.61. The van der Waals surface area contributed by atoms with Crippen molar-refractivity contribution < 1.29 is 4.74 Å². The molecule has 7 heteroatoms.